The van der Waals surface area contributed by atoms with Gasteiger partial charge in [0, 0.05) is 23.5 Å². The number of hydroxylamine groups is 1. The number of aromatic nitrogens is 3. The maximum Gasteiger partial charge on any atom is 0.374 e. The van der Waals surface area contributed by atoms with Crippen LogP contribution in [0.1, 0.15) is 28.7 Å². The Bertz CT molecular complexity index is 1060. The molecule has 0 bridgehead atoms. The van der Waals surface area contributed by atoms with Crippen LogP contribution >= 0.6 is 0 Å². The summed E-state index contributed by atoms with van der Waals surface area (Å²) < 4.78 is 5.00. The first-order chi connectivity index (χ1) is 13.7. The van der Waals surface area contributed by atoms with Crippen LogP contribution in [-0.4, -0.2) is 34.6 Å². The molecule has 2 N–H and O–H groups in total. The maximum atomic E-state index is 11.9. The molecule has 2 heterocycles. The van der Waals surface area contributed by atoms with Crippen molar-refractivity contribution in [3.8, 4) is 22.4 Å². The van der Waals surface area contributed by atoms with E-state index in [1.165, 1.54) is 5.56 Å². The minimum Gasteiger partial charge on any atom is -0.460 e. The predicted molar refractivity (Wildman–Crippen MR) is 105 cm³/mol. The molecule has 2 aromatic heterocycles. The molecular weight excluding hydrogens is 356 g/mol. The number of esters is 1. The van der Waals surface area contributed by atoms with Gasteiger partial charge in [-0.05, 0) is 36.1 Å². The van der Waals surface area contributed by atoms with Gasteiger partial charge in [0.1, 0.15) is 0 Å². The van der Waals surface area contributed by atoms with Crippen molar-refractivity contribution in [1.29, 1.82) is 0 Å². The van der Waals surface area contributed by atoms with Crippen molar-refractivity contribution in [2.24, 2.45) is 0 Å². The van der Waals surface area contributed by atoms with Gasteiger partial charge in [0.05, 0.1) is 31.3 Å². The van der Waals surface area contributed by atoms with Crippen molar-refractivity contribution in [3.05, 3.63) is 65.9 Å². The Balaban J connectivity index is 1.69. The molecule has 1 aliphatic rings. The van der Waals surface area contributed by atoms with E-state index in [2.05, 4.69) is 44.7 Å². The third-order valence-electron chi connectivity index (χ3n) is 4.60. The van der Waals surface area contributed by atoms with Crippen LogP contribution in [-0.2, 0) is 16.0 Å². The number of pyridine rings is 1. The lowest BCUT2D eigenvalue weighted by atomic mass is 9.96. The Labute approximate surface area is 162 Å². The number of allylic oxidation sites excluding steroid dienone is 1. The van der Waals surface area contributed by atoms with E-state index in [1.54, 1.807) is 32.6 Å². The van der Waals surface area contributed by atoms with Gasteiger partial charge in [-0.25, -0.2) is 9.78 Å². The number of hydrogen-bond acceptors (Lipinski definition) is 6. The van der Waals surface area contributed by atoms with E-state index in [4.69, 9.17) is 9.57 Å². The number of ether oxygens (including phenoxy) is 1. The molecule has 0 amide bonds. The third kappa shape index (κ3) is 3.27. The SMILES string of the molecule is CCOC(=O)c1ncc(-c2cnccc2-c2ccc3c(c2)CC=C3NOC)[nH]1. The van der Waals surface area contributed by atoms with E-state index in [1.807, 2.05) is 6.07 Å². The lowest BCUT2D eigenvalue weighted by Crippen LogP contribution is -2.08. The van der Waals surface area contributed by atoms with Crippen molar-refractivity contribution in [2.75, 3.05) is 13.7 Å². The highest BCUT2D eigenvalue weighted by Gasteiger charge is 2.18. The number of rotatable bonds is 6. The molecule has 4 rings (SSSR count). The number of nitrogens with one attached hydrogen (secondary N) is 2. The Morgan fingerprint density at radius 3 is 2.93 bits per heavy atom. The van der Waals surface area contributed by atoms with Gasteiger partial charge in [-0.3, -0.25) is 15.3 Å². The zero-order chi connectivity index (χ0) is 19.5. The summed E-state index contributed by atoms with van der Waals surface area (Å²) in [4.78, 5) is 28.4. The van der Waals surface area contributed by atoms with Crippen molar-refractivity contribution >= 4 is 11.7 Å². The smallest absolute Gasteiger partial charge is 0.374 e. The monoisotopic (exact) mass is 376 g/mol. The minimum atomic E-state index is -0.471. The van der Waals surface area contributed by atoms with E-state index < -0.39 is 5.97 Å². The van der Waals surface area contributed by atoms with Crippen LogP contribution in [0.2, 0.25) is 0 Å². The Morgan fingerprint density at radius 2 is 2.11 bits per heavy atom. The largest absolute Gasteiger partial charge is 0.460 e. The highest BCUT2D eigenvalue weighted by molar-refractivity contribution is 5.88. The standard InChI is InChI=1S/C21H20N4O3/c1-3-28-21(26)20-23-12-19(24-20)17-11-22-9-8-15(17)13-4-6-16-14(10-13)5-7-18(16)25-27-2/h4,6-12,25H,3,5H2,1-2H3,(H,23,24). The Hall–Kier alpha value is -3.45. The fourth-order valence-corrected chi connectivity index (χ4v) is 3.34. The lowest BCUT2D eigenvalue weighted by molar-refractivity contribution is 0.0513. The second kappa shape index (κ2) is 7.66. The highest BCUT2D eigenvalue weighted by Crippen LogP contribution is 2.34. The summed E-state index contributed by atoms with van der Waals surface area (Å²) in [6.45, 7) is 2.06. The maximum absolute atomic E-state index is 11.9. The number of benzene rings is 1. The molecule has 1 aromatic carbocycles. The van der Waals surface area contributed by atoms with E-state index in [-0.39, 0.29) is 5.82 Å². The summed E-state index contributed by atoms with van der Waals surface area (Å²) in [6.07, 6.45) is 8.09. The molecule has 142 valence electrons. The molecule has 7 nitrogen and oxygen atoms in total. The number of aromatic amines is 1. The normalized spacial score (nSPS) is 12.4. The Kier molecular flexibility index (Phi) is 4.90. The average Bonchev–Trinajstić information content (AvgIpc) is 3.36. The molecule has 0 fully saturated rings. The lowest BCUT2D eigenvalue weighted by Gasteiger charge is -2.11. The van der Waals surface area contributed by atoms with Gasteiger partial charge >= 0.3 is 5.97 Å². The van der Waals surface area contributed by atoms with Crippen molar-refractivity contribution in [2.45, 2.75) is 13.3 Å². The molecule has 7 heteroatoms. The molecule has 0 radical (unpaired) electrons. The zero-order valence-electron chi connectivity index (χ0n) is 15.7. The first-order valence-electron chi connectivity index (χ1n) is 9.00. The van der Waals surface area contributed by atoms with Gasteiger partial charge in [0.15, 0.2) is 0 Å². The van der Waals surface area contributed by atoms with Crippen LogP contribution in [0.3, 0.4) is 0 Å². The van der Waals surface area contributed by atoms with Gasteiger partial charge in [0.2, 0.25) is 5.82 Å². The number of carbonyl (C=O) groups is 1. The van der Waals surface area contributed by atoms with Crippen LogP contribution in [0.25, 0.3) is 28.1 Å². The number of fused-ring (bicyclic) bond motifs is 1. The molecule has 0 unspecified atom stereocenters. The van der Waals surface area contributed by atoms with Crippen molar-refractivity contribution < 1.29 is 14.4 Å². The molecule has 0 atom stereocenters. The second-order valence-corrected chi connectivity index (χ2v) is 6.29. The molecule has 0 aliphatic heterocycles. The van der Waals surface area contributed by atoms with Crippen LogP contribution in [0.15, 0.2) is 48.9 Å². The topological polar surface area (TPSA) is 89.1 Å². The molecule has 0 saturated heterocycles. The second-order valence-electron chi connectivity index (χ2n) is 6.29. The quantitative estimate of drug-likeness (QED) is 0.507. The summed E-state index contributed by atoms with van der Waals surface area (Å²) >= 11 is 0. The van der Waals surface area contributed by atoms with Crippen molar-refractivity contribution in [3.63, 3.8) is 0 Å². The van der Waals surface area contributed by atoms with Crippen LogP contribution in [0.4, 0.5) is 0 Å². The summed E-state index contributed by atoms with van der Waals surface area (Å²) in [5, 5.41) is 0. The fraction of sp³-hybridized carbons (Fsp3) is 0.190. The number of hydrogen-bond donors (Lipinski definition) is 2. The van der Waals surface area contributed by atoms with Crippen LogP contribution in [0, 0.1) is 0 Å². The number of carbonyl (C=O) groups excluding carboxylic acids is 1. The van der Waals surface area contributed by atoms with Gasteiger partial charge < -0.3 is 9.72 Å². The first kappa shape index (κ1) is 17.9. The van der Waals surface area contributed by atoms with Gasteiger partial charge in [0.25, 0.3) is 0 Å². The first-order valence-corrected chi connectivity index (χ1v) is 9.00. The van der Waals surface area contributed by atoms with E-state index in [0.29, 0.717) is 12.3 Å². The van der Waals surface area contributed by atoms with Crippen molar-refractivity contribution in [1.82, 2.24) is 20.4 Å². The predicted octanol–water partition coefficient (Wildman–Crippen LogP) is 3.36. The van der Waals surface area contributed by atoms with E-state index in [9.17, 15) is 4.79 Å². The van der Waals surface area contributed by atoms with E-state index >= 15 is 0 Å². The van der Waals surface area contributed by atoms with Gasteiger partial charge in [-0.1, -0.05) is 24.3 Å². The summed E-state index contributed by atoms with van der Waals surface area (Å²) in [5.74, 6) is -0.291. The molecular formula is C21H20N4O3. The number of nitrogens with zero attached hydrogens (tertiary/aromatic N) is 2. The number of imidazole rings is 1. The Morgan fingerprint density at radius 1 is 1.21 bits per heavy atom. The highest BCUT2D eigenvalue weighted by atomic mass is 16.6. The molecule has 28 heavy (non-hydrogen) atoms. The summed E-state index contributed by atoms with van der Waals surface area (Å²) in [7, 11) is 1.60. The van der Waals surface area contributed by atoms with Crippen LogP contribution < -0.4 is 5.48 Å². The number of H-pyrrole nitrogens is 1. The van der Waals surface area contributed by atoms with Crippen LogP contribution in [0.5, 0.6) is 0 Å². The minimum absolute atomic E-state index is 0.181. The van der Waals surface area contributed by atoms with Gasteiger partial charge in [-0.15, -0.1) is 0 Å². The average molecular weight is 376 g/mol. The molecule has 0 saturated carbocycles. The third-order valence-corrected chi connectivity index (χ3v) is 4.60. The zero-order valence-corrected chi connectivity index (χ0v) is 15.7. The fourth-order valence-electron chi connectivity index (χ4n) is 3.34. The van der Waals surface area contributed by atoms with E-state index in [0.717, 1.165) is 34.4 Å². The van der Waals surface area contributed by atoms with Gasteiger partial charge in [-0.2, -0.15) is 0 Å². The molecule has 3 aromatic rings. The molecule has 1 aliphatic carbocycles. The summed E-state index contributed by atoms with van der Waals surface area (Å²) in [5.41, 5.74) is 9.90. The molecule has 0 spiro atoms. The summed E-state index contributed by atoms with van der Waals surface area (Å²) in [6, 6.07) is 8.27.